The molecular weight excluding hydrogens is 328 g/mol. The van der Waals surface area contributed by atoms with Gasteiger partial charge in [0.15, 0.2) is 0 Å². The molecule has 0 radical (unpaired) electrons. The van der Waals surface area contributed by atoms with Gasteiger partial charge in [-0.25, -0.2) is 10.5 Å². The molecule has 3 heterocycles. The predicted molar refractivity (Wildman–Crippen MR) is 97.8 cm³/mol. The number of nitrogens with zero attached hydrogens (tertiary/aromatic N) is 3. The zero-order chi connectivity index (χ0) is 17.9. The van der Waals surface area contributed by atoms with Gasteiger partial charge in [0.05, 0.1) is 0 Å². The standard InChI is InChI=1S/C20H16N4O2/c25-20(23-26)15-5-3-14(4-6-15)13-24-9-7-16-10-18(12-22-19(16)24)17-2-1-8-21-11-17/h1-12,26H,13H2,(H,23,25). The van der Waals surface area contributed by atoms with E-state index in [4.69, 9.17) is 5.21 Å². The van der Waals surface area contributed by atoms with Crippen molar-refractivity contribution < 1.29 is 10.0 Å². The summed E-state index contributed by atoms with van der Waals surface area (Å²) >= 11 is 0. The van der Waals surface area contributed by atoms with E-state index in [9.17, 15) is 4.79 Å². The highest BCUT2D eigenvalue weighted by Gasteiger charge is 2.07. The molecule has 6 nitrogen and oxygen atoms in total. The fraction of sp³-hybridized carbons (Fsp3) is 0.0500. The van der Waals surface area contributed by atoms with E-state index in [1.54, 1.807) is 23.8 Å². The Balaban J connectivity index is 1.60. The van der Waals surface area contributed by atoms with Gasteiger partial charge in [-0.15, -0.1) is 0 Å². The number of benzene rings is 1. The average molecular weight is 344 g/mol. The Morgan fingerprint density at radius 1 is 1.08 bits per heavy atom. The van der Waals surface area contributed by atoms with Gasteiger partial charge in [-0.1, -0.05) is 18.2 Å². The summed E-state index contributed by atoms with van der Waals surface area (Å²) in [4.78, 5) is 20.1. The molecule has 3 aromatic heterocycles. The van der Waals surface area contributed by atoms with Crippen molar-refractivity contribution >= 4 is 16.9 Å². The maximum Gasteiger partial charge on any atom is 0.274 e. The Bertz CT molecular complexity index is 1060. The lowest BCUT2D eigenvalue weighted by Crippen LogP contribution is -2.18. The molecule has 0 bridgehead atoms. The highest BCUT2D eigenvalue weighted by molar-refractivity contribution is 5.93. The van der Waals surface area contributed by atoms with Crippen molar-refractivity contribution in [2.75, 3.05) is 0 Å². The van der Waals surface area contributed by atoms with E-state index in [1.165, 1.54) is 0 Å². The summed E-state index contributed by atoms with van der Waals surface area (Å²) in [5.74, 6) is -0.521. The van der Waals surface area contributed by atoms with E-state index < -0.39 is 5.91 Å². The summed E-state index contributed by atoms with van der Waals surface area (Å²) in [6.07, 6.45) is 7.43. The maximum absolute atomic E-state index is 11.4. The lowest BCUT2D eigenvalue weighted by molar-refractivity contribution is 0.0706. The minimum Gasteiger partial charge on any atom is -0.328 e. The fourth-order valence-corrected chi connectivity index (χ4v) is 2.92. The molecule has 0 aliphatic heterocycles. The number of aromatic nitrogens is 3. The number of hydrogen-bond acceptors (Lipinski definition) is 4. The van der Waals surface area contributed by atoms with Gasteiger partial charge in [0, 0.05) is 53.4 Å². The van der Waals surface area contributed by atoms with Crippen LogP contribution in [0.15, 0.2) is 73.3 Å². The molecular formula is C20H16N4O2. The maximum atomic E-state index is 11.4. The van der Waals surface area contributed by atoms with Gasteiger partial charge < -0.3 is 4.57 Å². The number of hydroxylamine groups is 1. The molecule has 1 aromatic carbocycles. The summed E-state index contributed by atoms with van der Waals surface area (Å²) in [6, 6.07) is 15.1. The molecule has 0 aliphatic rings. The Kier molecular flexibility index (Phi) is 4.17. The number of amides is 1. The van der Waals surface area contributed by atoms with Gasteiger partial charge in [0.2, 0.25) is 0 Å². The minimum absolute atomic E-state index is 0.410. The summed E-state index contributed by atoms with van der Waals surface area (Å²) < 4.78 is 2.06. The zero-order valence-corrected chi connectivity index (χ0v) is 13.8. The molecule has 2 N–H and O–H groups in total. The van der Waals surface area contributed by atoms with Crippen LogP contribution in [-0.4, -0.2) is 25.6 Å². The van der Waals surface area contributed by atoms with Gasteiger partial charge in [0.25, 0.3) is 5.91 Å². The molecule has 0 aliphatic carbocycles. The molecule has 6 heteroatoms. The third-order valence-electron chi connectivity index (χ3n) is 4.27. The largest absolute Gasteiger partial charge is 0.328 e. The molecule has 0 fully saturated rings. The highest BCUT2D eigenvalue weighted by Crippen LogP contribution is 2.23. The number of fused-ring (bicyclic) bond motifs is 1. The van der Waals surface area contributed by atoms with Crippen LogP contribution in [0.1, 0.15) is 15.9 Å². The van der Waals surface area contributed by atoms with Crippen LogP contribution in [-0.2, 0) is 6.54 Å². The Morgan fingerprint density at radius 3 is 2.65 bits per heavy atom. The first kappa shape index (κ1) is 16.0. The SMILES string of the molecule is O=C(NO)c1ccc(Cn2ccc3cc(-c4cccnc4)cnc32)cc1. The van der Waals surface area contributed by atoms with Crippen molar-refractivity contribution in [1.29, 1.82) is 0 Å². The number of nitrogens with one attached hydrogen (secondary N) is 1. The van der Waals surface area contributed by atoms with Crippen LogP contribution in [0, 0.1) is 0 Å². The van der Waals surface area contributed by atoms with E-state index in [2.05, 4.69) is 20.6 Å². The summed E-state index contributed by atoms with van der Waals surface area (Å²) in [7, 11) is 0. The number of carbonyl (C=O) groups excluding carboxylic acids is 1. The van der Waals surface area contributed by atoms with Crippen LogP contribution in [0.4, 0.5) is 0 Å². The van der Waals surface area contributed by atoms with E-state index in [0.29, 0.717) is 12.1 Å². The molecule has 4 rings (SSSR count). The minimum atomic E-state index is -0.521. The van der Waals surface area contributed by atoms with E-state index >= 15 is 0 Å². The lowest BCUT2D eigenvalue weighted by Gasteiger charge is -2.07. The third kappa shape index (κ3) is 3.05. The fourth-order valence-electron chi connectivity index (χ4n) is 2.92. The van der Waals surface area contributed by atoms with Crippen molar-refractivity contribution in [1.82, 2.24) is 20.0 Å². The first-order chi connectivity index (χ1) is 12.7. The van der Waals surface area contributed by atoms with Crippen LogP contribution in [0.5, 0.6) is 0 Å². The molecule has 1 amide bonds. The molecule has 0 atom stereocenters. The van der Waals surface area contributed by atoms with Crippen molar-refractivity contribution in [2.24, 2.45) is 0 Å². The summed E-state index contributed by atoms with van der Waals surface area (Å²) in [5.41, 5.74) is 6.04. The monoisotopic (exact) mass is 344 g/mol. The normalized spacial score (nSPS) is 10.8. The van der Waals surface area contributed by atoms with E-state index in [-0.39, 0.29) is 0 Å². The van der Waals surface area contributed by atoms with Crippen LogP contribution >= 0.6 is 0 Å². The van der Waals surface area contributed by atoms with Crippen LogP contribution in [0.2, 0.25) is 0 Å². The predicted octanol–water partition coefficient (Wildman–Crippen LogP) is 3.27. The molecule has 128 valence electrons. The molecule has 0 spiro atoms. The first-order valence-electron chi connectivity index (χ1n) is 8.13. The van der Waals surface area contributed by atoms with Gasteiger partial charge in [-0.3, -0.25) is 15.0 Å². The van der Waals surface area contributed by atoms with Gasteiger partial charge in [0.1, 0.15) is 5.65 Å². The van der Waals surface area contributed by atoms with E-state index in [1.807, 2.05) is 48.9 Å². The van der Waals surface area contributed by atoms with Crippen LogP contribution in [0.3, 0.4) is 0 Å². The highest BCUT2D eigenvalue weighted by atomic mass is 16.5. The summed E-state index contributed by atoms with van der Waals surface area (Å²) in [6.45, 7) is 0.643. The number of hydrogen-bond donors (Lipinski definition) is 2. The molecule has 26 heavy (non-hydrogen) atoms. The zero-order valence-electron chi connectivity index (χ0n) is 13.8. The second-order valence-electron chi connectivity index (χ2n) is 5.96. The average Bonchev–Trinajstić information content (AvgIpc) is 3.10. The third-order valence-corrected chi connectivity index (χ3v) is 4.27. The van der Waals surface area contributed by atoms with Crippen molar-refractivity contribution in [3.8, 4) is 11.1 Å². The van der Waals surface area contributed by atoms with Crippen molar-refractivity contribution in [3.05, 3.63) is 84.4 Å². The van der Waals surface area contributed by atoms with Crippen LogP contribution < -0.4 is 5.48 Å². The van der Waals surface area contributed by atoms with Gasteiger partial charge >= 0.3 is 0 Å². The van der Waals surface area contributed by atoms with Crippen molar-refractivity contribution in [2.45, 2.75) is 6.54 Å². The quantitative estimate of drug-likeness (QED) is 0.440. The Hall–Kier alpha value is -3.51. The molecule has 0 saturated heterocycles. The van der Waals surface area contributed by atoms with Crippen molar-refractivity contribution in [3.63, 3.8) is 0 Å². The van der Waals surface area contributed by atoms with Gasteiger partial charge in [-0.2, -0.15) is 0 Å². The molecule has 4 aromatic rings. The van der Waals surface area contributed by atoms with Gasteiger partial charge in [-0.05, 0) is 35.9 Å². The second-order valence-corrected chi connectivity index (χ2v) is 5.96. The summed E-state index contributed by atoms with van der Waals surface area (Å²) in [5, 5.41) is 9.73. The second kappa shape index (κ2) is 6.78. The topological polar surface area (TPSA) is 80.0 Å². The first-order valence-corrected chi connectivity index (χ1v) is 8.13. The molecule has 0 saturated carbocycles. The number of rotatable bonds is 4. The van der Waals surface area contributed by atoms with E-state index in [0.717, 1.165) is 27.7 Å². The Morgan fingerprint density at radius 2 is 1.92 bits per heavy atom. The Labute approximate surface area is 149 Å². The lowest BCUT2D eigenvalue weighted by atomic mass is 10.1. The molecule has 0 unspecified atom stereocenters. The number of pyridine rings is 2. The smallest absolute Gasteiger partial charge is 0.274 e. The number of carbonyl (C=O) groups is 1. The van der Waals surface area contributed by atoms with Crippen LogP contribution in [0.25, 0.3) is 22.2 Å².